The fourth-order valence-electron chi connectivity index (χ4n) is 5.37. The molecule has 2 fully saturated rings. The second-order valence-electron chi connectivity index (χ2n) is 9.56. The monoisotopic (exact) mass is 487 g/mol. The number of aryl methyl sites for hydroxylation is 2. The van der Waals surface area contributed by atoms with E-state index in [9.17, 15) is 4.79 Å². The number of aromatic nitrogens is 2. The minimum atomic E-state index is -0.0688. The normalized spacial score (nSPS) is 19.6. The number of nitrogens with one attached hydrogen (secondary N) is 2. The number of hydrogen-bond donors (Lipinski definition) is 2. The average molecular weight is 488 g/mol. The van der Waals surface area contributed by atoms with E-state index in [4.69, 9.17) is 12.2 Å². The molecule has 1 aliphatic carbocycles. The quantitative estimate of drug-likeness (QED) is 0.417. The molecule has 3 heterocycles. The lowest BCUT2D eigenvalue weighted by Gasteiger charge is -2.28. The highest BCUT2D eigenvalue weighted by Crippen LogP contribution is 2.44. The first-order valence-corrected chi connectivity index (χ1v) is 12.9. The first-order valence-electron chi connectivity index (χ1n) is 12.5. The Hall–Kier alpha value is -3.19. The van der Waals surface area contributed by atoms with Crippen LogP contribution in [0.1, 0.15) is 72.5 Å². The third kappa shape index (κ3) is 4.69. The minimum absolute atomic E-state index is 0.00260. The number of para-hydroxylation sites is 1. The first kappa shape index (κ1) is 23.5. The van der Waals surface area contributed by atoms with Gasteiger partial charge in [0, 0.05) is 42.3 Å². The molecule has 5 rings (SSSR count). The Kier molecular flexibility index (Phi) is 6.60. The second-order valence-corrected chi connectivity index (χ2v) is 9.94. The van der Waals surface area contributed by atoms with Gasteiger partial charge in [-0.3, -0.25) is 9.78 Å². The third-order valence-corrected chi connectivity index (χ3v) is 7.56. The molecule has 182 valence electrons. The molecule has 6 nitrogen and oxygen atoms in total. The Bertz CT molecular complexity index is 1230. The van der Waals surface area contributed by atoms with E-state index in [1.54, 1.807) is 0 Å². The number of carbonyl (C=O) groups excluding carboxylic acids is 1. The van der Waals surface area contributed by atoms with Crippen molar-refractivity contribution in [3.63, 3.8) is 0 Å². The summed E-state index contributed by atoms with van der Waals surface area (Å²) in [6, 6.07) is 16.8. The van der Waals surface area contributed by atoms with Crippen LogP contribution < -0.4 is 10.6 Å². The van der Waals surface area contributed by atoms with Crippen LogP contribution in [0, 0.1) is 13.8 Å². The van der Waals surface area contributed by atoms with E-state index in [-0.39, 0.29) is 18.0 Å². The first-order chi connectivity index (χ1) is 17.0. The van der Waals surface area contributed by atoms with Gasteiger partial charge in [0.05, 0.1) is 17.8 Å². The van der Waals surface area contributed by atoms with E-state index in [0.29, 0.717) is 24.1 Å². The second kappa shape index (κ2) is 9.82. The molecule has 2 aliphatic rings. The number of amides is 1. The van der Waals surface area contributed by atoms with Gasteiger partial charge in [-0.25, -0.2) is 0 Å². The Balaban J connectivity index is 1.41. The summed E-state index contributed by atoms with van der Waals surface area (Å²) in [4.78, 5) is 19.8. The summed E-state index contributed by atoms with van der Waals surface area (Å²) in [5.41, 5.74) is 6.81. The maximum atomic E-state index is 12.9. The molecule has 1 saturated carbocycles. The van der Waals surface area contributed by atoms with Crippen molar-refractivity contribution in [2.45, 2.75) is 64.6 Å². The molecule has 2 N–H and O–H groups in total. The number of pyridine rings is 1. The van der Waals surface area contributed by atoms with E-state index < -0.39 is 0 Å². The van der Waals surface area contributed by atoms with Gasteiger partial charge in [-0.2, -0.15) is 0 Å². The highest BCUT2D eigenvalue weighted by molar-refractivity contribution is 7.80. The highest BCUT2D eigenvalue weighted by Gasteiger charge is 2.42. The summed E-state index contributed by atoms with van der Waals surface area (Å²) < 4.78 is 2.47. The maximum absolute atomic E-state index is 12.9. The van der Waals surface area contributed by atoms with Crippen molar-refractivity contribution in [1.82, 2.24) is 19.8 Å². The molecule has 1 aliphatic heterocycles. The van der Waals surface area contributed by atoms with Crippen LogP contribution in [0.5, 0.6) is 0 Å². The summed E-state index contributed by atoms with van der Waals surface area (Å²) >= 11 is 5.81. The van der Waals surface area contributed by atoms with Gasteiger partial charge in [-0.15, -0.1) is 0 Å². The SMILES string of the molecule is CCc1ccccc1NC(=O)CCN1C(=S)N[C@@H](c2ccccn2)[C@H]1c1cc(C)n(C2CC2)c1C. The van der Waals surface area contributed by atoms with Gasteiger partial charge in [0.25, 0.3) is 0 Å². The summed E-state index contributed by atoms with van der Waals surface area (Å²) in [6.07, 6.45) is 5.54. The maximum Gasteiger partial charge on any atom is 0.226 e. The number of nitrogens with zero attached hydrogens (tertiary/aromatic N) is 3. The van der Waals surface area contributed by atoms with Crippen LogP contribution in [0.25, 0.3) is 0 Å². The molecule has 1 saturated heterocycles. The average Bonchev–Trinajstić information content (AvgIpc) is 3.58. The zero-order valence-corrected chi connectivity index (χ0v) is 21.4. The predicted octanol–water partition coefficient (Wildman–Crippen LogP) is 5.40. The van der Waals surface area contributed by atoms with Crippen LogP contribution >= 0.6 is 12.2 Å². The molecule has 7 heteroatoms. The molecule has 0 spiro atoms. The van der Waals surface area contributed by atoms with Crippen LogP contribution in [0.15, 0.2) is 54.7 Å². The third-order valence-electron chi connectivity index (χ3n) is 7.20. The number of thiocarbonyl (C=S) groups is 1. The predicted molar refractivity (Wildman–Crippen MR) is 143 cm³/mol. The van der Waals surface area contributed by atoms with Crippen LogP contribution in [0.2, 0.25) is 0 Å². The molecule has 2 atom stereocenters. The highest BCUT2D eigenvalue weighted by atomic mass is 32.1. The number of rotatable bonds is 8. The van der Waals surface area contributed by atoms with Crippen molar-refractivity contribution in [3.8, 4) is 0 Å². The largest absolute Gasteiger partial charge is 0.352 e. The molecule has 1 amide bonds. The van der Waals surface area contributed by atoms with E-state index in [2.05, 4.69) is 58.0 Å². The molecule has 0 radical (unpaired) electrons. The number of hydrogen-bond acceptors (Lipinski definition) is 3. The Morgan fingerprint density at radius 3 is 2.66 bits per heavy atom. The van der Waals surface area contributed by atoms with Gasteiger partial charge >= 0.3 is 0 Å². The summed E-state index contributed by atoms with van der Waals surface area (Å²) in [5.74, 6) is -0.00260. The topological polar surface area (TPSA) is 62.2 Å². The minimum Gasteiger partial charge on any atom is -0.352 e. The smallest absolute Gasteiger partial charge is 0.226 e. The number of benzene rings is 1. The van der Waals surface area contributed by atoms with Crippen molar-refractivity contribution in [2.75, 3.05) is 11.9 Å². The lowest BCUT2D eigenvalue weighted by molar-refractivity contribution is -0.116. The zero-order chi connectivity index (χ0) is 24.5. The van der Waals surface area contributed by atoms with E-state index in [1.165, 1.54) is 29.8 Å². The summed E-state index contributed by atoms with van der Waals surface area (Å²) in [6.45, 7) is 7.03. The summed E-state index contributed by atoms with van der Waals surface area (Å²) in [7, 11) is 0. The van der Waals surface area contributed by atoms with E-state index in [1.807, 2.05) is 42.6 Å². The molecule has 0 bridgehead atoms. The fourth-order valence-corrected chi connectivity index (χ4v) is 5.70. The fraction of sp³-hybridized carbons (Fsp3) is 0.393. The lowest BCUT2D eigenvalue weighted by atomic mass is 9.96. The molecule has 35 heavy (non-hydrogen) atoms. The van der Waals surface area contributed by atoms with Gasteiger partial charge < -0.3 is 20.1 Å². The standard InChI is InChI=1S/C28H33N5OS/c1-4-20-9-5-6-10-23(20)30-25(34)14-16-32-27(22-17-18(2)33(19(22)3)21-12-13-21)26(31-28(32)35)24-11-7-8-15-29-24/h5-11,15,17,21,26-27H,4,12-14,16H2,1-3H3,(H,30,34)(H,31,35)/t26-,27+/m0/s1. The zero-order valence-electron chi connectivity index (χ0n) is 20.6. The molecule has 0 unspecified atom stereocenters. The van der Waals surface area contributed by atoms with Crippen LogP contribution in [0.4, 0.5) is 5.69 Å². The van der Waals surface area contributed by atoms with Crippen molar-refractivity contribution < 1.29 is 4.79 Å². The van der Waals surface area contributed by atoms with Gasteiger partial charge in [0.15, 0.2) is 5.11 Å². The van der Waals surface area contributed by atoms with Crippen molar-refractivity contribution in [2.24, 2.45) is 0 Å². The van der Waals surface area contributed by atoms with E-state index >= 15 is 0 Å². The Morgan fingerprint density at radius 2 is 1.94 bits per heavy atom. The molecule has 3 aromatic rings. The van der Waals surface area contributed by atoms with Gasteiger partial charge in [0.1, 0.15) is 0 Å². The van der Waals surface area contributed by atoms with Gasteiger partial charge in [0.2, 0.25) is 5.91 Å². The van der Waals surface area contributed by atoms with Crippen molar-refractivity contribution in [1.29, 1.82) is 0 Å². The number of carbonyl (C=O) groups is 1. The van der Waals surface area contributed by atoms with Crippen LogP contribution in [-0.4, -0.2) is 32.0 Å². The van der Waals surface area contributed by atoms with Crippen LogP contribution in [-0.2, 0) is 11.2 Å². The van der Waals surface area contributed by atoms with Crippen LogP contribution in [0.3, 0.4) is 0 Å². The Labute approximate surface area is 212 Å². The molecular formula is C28H33N5OS. The number of anilines is 1. The van der Waals surface area contributed by atoms with E-state index in [0.717, 1.165) is 23.4 Å². The lowest BCUT2D eigenvalue weighted by Crippen LogP contribution is -2.33. The molecule has 2 aromatic heterocycles. The van der Waals surface area contributed by atoms with Crippen molar-refractivity contribution >= 4 is 28.9 Å². The summed E-state index contributed by atoms with van der Waals surface area (Å²) in [5, 5.41) is 7.29. The van der Waals surface area contributed by atoms with Crippen molar-refractivity contribution in [3.05, 3.63) is 82.9 Å². The van der Waals surface area contributed by atoms with Gasteiger partial charge in [-0.1, -0.05) is 31.2 Å². The molecular weight excluding hydrogens is 454 g/mol. The van der Waals surface area contributed by atoms with Gasteiger partial charge in [-0.05, 0) is 80.7 Å². The Morgan fingerprint density at radius 1 is 1.17 bits per heavy atom. The molecule has 1 aromatic carbocycles.